The highest BCUT2D eigenvalue weighted by molar-refractivity contribution is 5.58. The molecule has 2 aromatic rings. The molecule has 0 saturated carbocycles. The molecular formula is C16H21FN4. The topological polar surface area (TPSA) is 49.8 Å². The van der Waals surface area contributed by atoms with Crippen LogP contribution in [0.25, 0.3) is 0 Å². The average molecular weight is 288 g/mol. The fourth-order valence-electron chi connectivity index (χ4n) is 2.26. The van der Waals surface area contributed by atoms with Gasteiger partial charge in [0.1, 0.15) is 23.8 Å². The van der Waals surface area contributed by atoms with Crippen molar-refractivity contribution in [1.29, 1.82) is 0 Å². The summed E-state index contributed by atoms with van der Waals surface area (Å²) in [5.74, 6) is 1.41. The van der Waals surface area contributed by atoms with Gasteiger partial charge in [-0.15, -0.1) is 0 Å². The maximum atomic E-state index is 13.3. The van der Waals surface area contributed by atoms with E-state index in [0.717, 1.165) is 35.7 Å². The van der Waals surface area contributed by atoms with Crippen molar-refractivity contribution in [3.05, 3.63) is 47.5 Å². The van der Waals surface area contributed by atoms with Crippen LogP contribution in [0.5, 0.6) is 0 Å². The number of aromatic nitrogens is 2. The highest BCUT2D eigenvalue weighted by Gasteiger charge is 2.13. The molecule has 2 N–H and O–H groups in total. The van der Waals surface area contributed by atoms with Gasteiger partial charge < -0.3 is 10.6 Å². The molecule has 0 aliphatic heterocycles. The Hall–Kier alpha value is -2.17. The van der Waals surface area contributed by atoms with Crippen LogP contribution in [0, 0.1) is 5.82 Å². The highest BCUT2D eigenvalue weighted by atomic mass is 19.1. The Morgan fingerprint density at radius 3 is 2.62 bits per heavy atom. The molecule has 1 atom stereocenters. The van der Waals surface area contributed by atoms with Gasteiger partial charge in [0.25, 0.3) is 0 Å². The average Bonchev–Trinajstić information content (AvgIpc) is 2.48. The maximum absolute atomic E-state index is 13.3. The minimum absolute atomic E-state index is 0.0321. The maximum Gasteiger partial charge on any atom is 0.135 e. The third kappa shape index (κ3) is 3.68. The van der Waals surface area contributed by atoms with Gasteiger partial charge in [0, 0.05) is 12.1 Å². The first-order valence-corrected chi connectivity index (χ1v) is 7.25. The predicted molar refractivity (Wildman–Crippen MR) is 84.0 cm³/mol. The number of rotatable bonds is 6. The summed E-state index contributed by atoms with van der Waals surface area (Å²) in [6.07, 6.45) is 2.36. The lowest BCUT2D eigenvalue weighted by Gasteiger charge is -2.18. The van der Waals surface area contributed by atoms with E-state index in [4.69, 9.17) is 0 Å². The fourth-order valence-corrected chi connectivity index (χ4v) is 2.26. The first-order chi connectivity index (χ1) is 10.2. The van der Waals surface area contributed by atoms with Gasteiger partial charge in [0.15, 0.2) is 0 Å². The number of hydrogen-bond acceptors (Lipinski definition) is 4. The number of nitrogens with one attached hydrogen (secondary N) is 2. The normalized spacial score (nSPS) is 12.0. The van der Waals surface area contributed by atoms with Crippen LogP contribution in [0.3, 0.4) is 0 Å². The number of nitrogens with zero attached hydrogens (tertiary/aromatic N) is 2. The van der Waals surface area contributed by atoms with Crippen LogP contribution < -0.4 is 10.6 Å². The zero-order chi connectivity index (χ0) is 15.2. The molecule has 0 aliphatic carbocycles. The van der Waals surface area contributed by atoms with Crippen molar-refractivity contribution >= 4 is 11.6 Å². The van der Waals surface area contributed by atoms with Gasteiger partial charge in [-0.2, -0.15) is 0 Å². The summed E-state index contributed by atoms with van der Waals surface area (Å²) in [6.45, 7) is 6.90. The lowest BCUT2D eigenvalue weighted by atomic mass is 10.1. The van der Waals surface area contributed by atoms with Gasteiger partial charge in [0.05, 0.1) is 6.04 Å². The van der Waals surface area contributed by atoms with Crippen LogP contribution in [0.15, 0.2) is 30.6 Å². The first kappa shape index (κ1) is 15.2. The third-order valence-electron chi connectivity index (χ3n) is 3.35. The zero-order valence-corrected chi connectivity index (χ0v) is 12.7. The van der Waals surface area contributed by atoms with Crippen molar-refractivity contribution in [2.75, 3.05) is 17.2 Å². The Labute approximate surface area is 124 Å². The lowest BCUT2D eigenvalue weighted by Crippen LogP contribution is -2.13. The van der Waals surface area contributed by atoms with Gasteiger partial charge in [0.2, 0.25) is 0 Å². The molecule has 0 amide bonds. The van der Waals surface area contributed by atoms with Gasteiger partial charge in [-0.3, -0.25) is 0 Å². The lowest BCUT2D eigenvalue weighted by molar-refractivity contribution is 0.623. The third-order valence-corrected chi connectivity index (χ3v) is 3.35. The van der Waals surface area contributed by atoms with Crippen molar-refractivity contribution in [1.82, 2.24) is 9.97 Å². The van der Waals surface area contributed by atoms with Crippen LogP contribution in [0.1, 0.15) is 37.9 Å². The molecule has 112 valence electrons. The van der Waals surface area contributed by atoms with E-state index in [1.807, 2.05) is 19.9 Å². The molecular weight excluding hydrogens is 267 g/mol. The number of anilines is 2. The molecule has 1 unspecified atom stereocenters. The smallest absolute Gasteiger partial charge is 0.135 e. The number of benzene rings is 1. The van der Waals surface area contributed by atoms with E-state index >= 15 is 0 Å². The predicted octanol–water partition coefficient (Wildman–Crippen LogP) is 3.78. The van der Waals surface area contributed by atoms with Crippen molar-refractivity contribution < 1.29 is 4.39 Å². The molecule has 0 fully saturated rings. The SMILES string of the molecule is CCNc1ncnc(NC(C)c2cccc(F)c2)c1CC. The molecule has 2 rings (SSSR count). The summed E-state index contributed by atoms with van der Waals surface area (Å²) in [4.78, 5) is 8.60. The summed E-state index contributed by atoms with van der Waals surface area (Å²) in [5, 5.41) is 6.58. The van der Waals surface area contributed by atoms with Crippen molar-refractivity contribution in [2.24, 2.45) is 0 Å². The summed E-state index contributed by atoms with van der Waals surface area (Å²) in [6, 6.07) is 6.57. The standard InChI is InChI=1S/C16H21FN4/c1-4-14-15(18-5-2)19-10-20-16(14)21-11(3)12-7-6-8-13(17)9-12/h6-11H,4-5H2,1-3H3,(H2,18,19,20,21). The Bertz CT molecular complexity index is 601. The summed E-state index contributed by atoms with van der Waals surface area (Å²) in [5.41, 5.74) is 1.93. The summed E-state index contributed by atoms with van der Waals surface area (Å²) >= 11 is 0. The molecule has 1 heterocycles. The number of halogens is 1. The molecule has 1 aromatic heterocycles. The largest absolute Gasteiger partial charge is 0.370 e. The minimum Gasteiger partial charge on any atom is -0.370 e. The molecule has 5 heteroatoms. The Morgan fingerprint density at radius 2 is 1.95 bits per heavy atom. The number of hydrogen-bond donors (Lipinski definition) is 2. The van der Waals surface area contributed by atoms with Gasteiger partial charge in [-0.05, 0) is 38.0 Å². The molecule has 4 nitrogen and oxygen atoms in total. The van der Waals surface area contributed by atoms with E-state index in [0.29, 0.717) is 0 Å². The molecule has 21 heavy (non-hydrogen) atoms. The van der Waals surface area contributed by atoms with Crippen LogP contribution in [-0.2, 0) is 6.42 Å². The minimum atomic E-state index is -0.229. The molecule has 0 bridgehead atoms. The van der Waals surface area contributed by atoms with Gasteiger partial charge >= 0.3 is 0 Å². The van der Waals surface area contributed by atoms with E-state index < -0.39 is 0 Å². The van der Waals surface area contributed by atoms with Crippen LogP contribution in [0.2, 0.25) is 0 Å². The molecule has 0 saturated heterocycles. The summed E-state index contributed by atoms with van der Waals surface area (Å²) in [7, 11) is 0. The van der Waals surface area contributed by atoms with E-state index in [1.54, 1.807) is 6.07 Å². The van der Waals surface area contributed by atoms with E-state index in [1.165, 1.54) is 18.5 Å². The Morgan fingerprint density at radius 1 is 1.19 bits per heavy atom. The monoisotopic (exact) mass is 288 g/mol. The summed E-state index contributed by atoms with van der Waals surface area (Å²) < 4.78 is 13.3. The fraction of sp³-hybridized carbons (Fsp3) is 0.375. The van der Waals surface area contributed by atoms with Crippen LogP contribution in [-0.4, -0.2) is 16.5 Å². The quantitative estimate of drug-likeness (QED) is 0.849. The Kier molecular flexibility index (Phi) is 5.09. The molecule has 0 spiro atoms. The van der Waals surface area contributed by atoms with Gasteiger partial charge in [-0.25, -0.2) is 14.4 Å². The highest BCUT2D eigenvalue weighted by Crippen LogP contribution is 2.25. The van der Waals surface area contributed by atoms with Crippen molar-refractivity contribution in [3.63, 3.8) is 0 Å². The van der Waals surface area contributed by atoms with E-state index in [9.17, 15) is 4.39 Å². The second-order valence-electron chi connectivity index (χ2n) is 4.85. The molecule has 0 aliphatic rings. The molecule has 0 radical (unpaired) electrons. The van der Waals surface area contributed by atoms with E-state index in [-0.39, 0.29) is 11.9 Å². The van der Waals surface area contributed by atoms with Crippen molar-refractivity contribution in [3.8, 4) is 0 Å². The second kappa shape index (κ2) is 7.02. The van der Waals surface area contributed by atoms with E-state index in [2.05, 4.69) is 27.5 Å². The molecule has 1 aromatic carbocycles. The van der Waals surface area contributed by atoms with Gasteiger partial charge in [-0.1, -0.05) is 19.1 Å². The second-order valence-corrected chi connectivity index (χ2v) is 4.85. The van der Waals surface area contributed by atoms with Crippen molar-refractivity contribution in [2.45, 2.75) is 33.2 Å². The zero-order valence-electron chi connectivity index (χ0n) is 12.7. The van der Waals surface area contributed by atoms with Crippen LogP contribution in [0.4, 0.5) is 16.0 Å². The van der Waals surface area contributed by atoms with Crippen LogP contribution >= 0.6 is 0 Å². The Balaban J connectivity index is 2.24. The first-order valence-electron chi connectivity index (χ1n) is 7.25.